The van der Waals surface area contributed by atoms with Crippen LogP contribution in [0.4, 0.5) is 0 Å². The van der Waals surface area contributed by atoms with Gasteiger partial charge in [0, 0.05) is 28.1 Å². The van der Waals surface area contributed by atoms with Crippen molar-refractivity contribution in [1.82, 2.24) is 0 Å². The summed E-state index contributed by atoms with van der Waals surface area (Å²) < 4.78 is 4.96. The minimum Gasteiger partial charge on any atom is -0.507 e. The van der Waals surface area contributed by atoms with Gasteiger partial charge in [-0.25, -0.2) is 0 Å². The van der Waals surface area contributed by atoms with Gasteiger partial charge in [-0.05, 0) is 12.1 Å². The summed E-state index contributed by atoms with van der Waals surface area (Å²) in [4.78, 5) is 12.1. The van der Waals surface area contributed by atoms with E-state index in [1.54, 1.807) is 36.4 Å². The molecular weight excluding hydrogens is 275 g/mol. The molecule has 0 fully saturated rings. The number of hydrogen-bond acceptors (Lipinski definition) is 3. The molecule has 0 aliphatic carbocycles. The first-order chi connectivity index (χ1) is 8.22. The molecule has 0 bridgehead atoms. The standard InChI is InChI=1S/C14H12O3.Ni/c1-17-11-7-8-12(13(15)9-11)14(16)10-5-3-2-4-6-10;/h2-9,15H,1H3;. The number of carbonyl (C=O) groups is 1. The molecule has 3 nitrogen and oxygen atoms in total. The summed E-state index contributed by atoms with van der Waals surface area (Å²) >= 11 is 0. The Labute approximate surface area is 115 Å². The van der Waals surface area contributed by atoms with E-state index in [1.807, 2.05) is 6.07 Å². The second-order valence-electron chi connectivity index (χ2n) is 3.58. The van der Waals surface area contributed by atoms with Crippen molar-refractivity contribution in [3.63, 3.8) is 0 Å². The molecule has 0 saturated heterocycles. The smallest absolute Gasteiger partial charge is 0.196 e. The summed E-state index contributed by atoms with van der Waals surface area (Å²) in [6.07, 6.45) is 0. The first-order valence-electron chi connectivity index (χ1n) is 5.19. The normalized spacial score (nSPS) is 9.39. The van der Waals surface area contributed by atoms with Gasteiger partial charge in [-0.3, -0.25) is 4.79 Å². The van der Waals surface area contributed by atoms with Crippen LogP contribution in [0.3, 0.4) is 0 Å². The van der Waals surface area contributed by atoms with E-state index in [4.69, 9.17) is 4.74 Å². The molecule has 0 aromatic heterocycles. The fraction of sp³-hybridized carbons (Fsp3) is 0.0714. The summed E-state index contributed by atoms with van der Waals surface area (Å²) in [6.45, 7) is 0. The third kappa shape index (κ3) is 2.90. The molecule has 0 aliphatic rings. The number of phenols is 1. The zero-order valence-corrected chi connectivity index (χ0v) is 10.7. The Bertz CT molecular complexity index is 538. The Kier molecular flexibility index (Phi) is 4.93. The van der Waals surface area contributed by atoms with Crippen molar-refractivity contribution >= 4 is 5.78 Å². The monoisotopic (exact) mass is 286 g/mol. The first-order valence-corrected chi connectivity index (χ1v) is 5.19. The van der Waals surface area contributed by atoms with Crippen LogP contribution in [0.1, 0.15) is 15.9 Å². The van der Waals surface area contributed by atoms with Gasteiger partial charge in [-0.1, -0.05) is 30.3 Å². The van der Waals surface area contributed by atoms with E-state index in [0.717, 1.165) is 0 Å². The van der Waals surface area contributed by atoms with Crippen LogP contribution in [-0.4, -0.2) is 18.0 Å². The van der Waals surface area contributed by atoms with Gasteiger partial charge in [-0.15, -0.1) is 0 Å². The number of ether oxygens (including phenoxy) is 1. The fourth-order valence-corrected chi connectivity index (χ4v) is 1.58. The average Bonchev–Trinajstić information content (AvgIpc) is 2.39. The Morgan fingerprint density at radius 3 is 2.33 bits per heavy atom. The third-order valence-electron chi connectivity index (χ3n) is 2.49. The molecule has 4 heteroatoms. The molecule has 0 atom stereocenters. The number of hydrogen-bond donors (Lipinski definition) is 1. The topological polar surface area (TPSA) is 46.5 Å². The second-order valence-corrected chi connectivity index (χ2v) is 3.58. The van der Waals surface area contributed by atoms with Crippen molar-refractivity contribution in [1.29, 1.82) is 0 Å². The molecule has 2 rings (SSSR count). The molecule has 0 aliphatic heterocycles. The van der Waals surface area contributed by atoms with E-state index >= 15 is 0 Å². The van der Waals surface area contributed by atoms with Crippen molar-refractivity contribution in [2.45, 2.75) is 0 Å². The minimum absolute atomic E-state index is 0. The van der Waals surface area contributed by atoms with Crippen molar-refractivity contribution in [3.8, 4) is 11.5 Å². The number of benzene rings is 2. The van der Waals surface area contributed by atoms with E-state index in [0.29, 0.717) is 11.3 Å². The number of carbonyl (C=O) groups excluding carboxylic acids is 1. The van der Waals surface area contributed by atoms with Gasteiger partial charge >= 0.3 is 0 Å². The summed E-state index contributed by atoms with van der Waals surface area (Å²) in [5.74, 6) is 0.246. The molecule has 0 radical (unpaired) electrons. The Balaban J connectivity index is 0.00000162. The van der Waals surface area contributed by atoms with Gasteiger partial charge in [0.05, 0.1) is 12.7 Å². The quantitative estimate of drug-likeness (QED) is 0.697. The van der Waals surface area contributed by atoms with Crippen molar-refractivity contribution < 1.29 is 31.1 Å². The van der Waals surface area contributed by atoms with Gasteiger partial charge in [0.15, 0.2) is 5.78 Å². The Morgan fingerprint density at radius 1 is 1.11 bits per heavy atom. The summed E-state index contributed by atoms with van der Waals surface area (Å²) in [5, 5.41) is 9.75. The molecule has 0 saturated carbocycles. The molecule has 0 heterocycles. The van der Waals surface area contributed by atoms with Gasteiger partial charge in [0.2, 0.25) is 0 Å². The van der Waals surface area contributed by atoms with Crippen LogP contribution < -0.4 is 4.74 Å². The minimum atomic E-state index is -0.203. The SMILES string of the molecule is COc1ccc(C(=O)c2ccccc2)c(O)c1.[Ni]. The van der Waals surface area contributed by atoms with Crippen LogP contribution in [0.2, 0.25) is 0 Å². The molecule has 0 unspecified atom stereocenters. The maximum absolute atomic E-state index is 12.1. The molecule has 2 aromatic rings. The molecule has 2 aromatic carbocycles. The van der Waals surface area contributed by atoms with Crippen LogP contribution in [-0.2, 0) is 16.5 Å². The Hall–Kier alpha value is -1.80. The molecule has 0 spiro atoms. The number of aromatic hydroxyl groups is 1. The van der Waals surface area contributed by atoms with Crippen LogP contribution in [0.15, 0.2) is 48.5 Å². The van der Waals surface area contributed by atoms with Crippen LogP contribution in [0.5, 0.6) is 11.5 Å². The largest absolute Gasteiger partial charge is 0.507 e. The van der Waals surface area contributed by atoms with Gasteiger partial charge < -0.3 is 9.84 Å². The van der Waals surface area contributed by atoms with E-state index in [1.165, 1.54) is 13.2 Å². The van der Waals surface area contributed by atoms with Crippen LogP contribution in [0, 0.1) is 0 Å². The van der Waals surface area contributed by atoms with Gasteiger partial charge in [0.25, 0.3) is 0 Å². The predicted molar refractivity (Wildman–Crippen MR) is 64.5 cm³/mol. The zero-order chi connectivity index (χ0) is 12.3. The van der Waals surface area contributed by atoms with E-state index < -0.39 is 0 Å². The van der Waals surface area contributed by atoms with E-state index in [2.05, 4.69) is 0 Å². The van der Waals surface area contributed by atoms with Crippen molar-refractivity contribution in [2.24, 2.45) is 0 Å². The molecule has 96 valence electrons. The van der Waals surface area contributed by atoms with E-state index in [9.17, 15) is 9.90 Å². The summed E-state index contributed by atoms with van der Waals surface area (Å²) in [7, 11) is 1.51. The van der Waals surface area contributed by atoms with Gasteiger partial charge in [-0.2, -0.15) is 0 Å². The van der Waals surface area contributed by atoms with Gasteiger partial charge in [0.1, 0.15) is 11.5 Å². The van der Waals surface area contributed by atoms with Crippen LogP contribution in [0.25, 0.3) is 0 Å². The predicted octanol–water partition coefficient (Wildman–Crippen LogP) is 2.63. The Morgan fingerprint density at radius 2 is 1.78 bits per heavy atom. The molecule has 18 heavy (non-hydrogen) atoms. The number of methoxy groups -OCH3 is 1. The molecule has 0 amide bonds. The van der Waals surface area contributed by atoms with E-state index in [-0.39, 0.29) is 33.6 Å². The first kappa shape index (κ1) is 14.3. The number of phenolic OH excluding ortho intramolecular Hbond substituents is 1. The van der Waals surface area contributed by atoms with Crippen molar-refractivity contribution in [2.75, 3.05) is 7.11 Å². The zero-order valence-electron chi connectivity index (χ0n) is 9.70. The number of ketones is 1. The van der Waals surface area contributed by atoms with Crippen LogP contribution >= 0.6 is 0 Å². The summed E-state index contributed by atoms with van der Waals surface area (Å²) in [6, 6.07) is 13.5. The fourth-order valence-electron chi connectivity index (χ4n) is 1.58. The maximum Gasteiger partial charge on any atom is 0.196 e. The summed E-state index contributed by atoms with van der Waals surface area (Å²) in [5.41, 5.74) is 0.824. The molecule has 1 N–H and O–H groups in total. The maximum atomic E-state index is 12.1. The van der Waals surface area contributed by atoms with Crippen molar-refractivity contribution in [3.05, 3.63) is 59.7 Å². The average molecular weight is 287 g/mol. The third-order valence-corrected chi connectivity index (χ3v) is 2.49. The number of rotatable bonds is 3. The molecular formula is C14H12NiO3. The second kappa shape index (κ2) is 6.22.